The largest absolute Gasteiger partial charge is 0.463 e. The molecule has 0 aliphatic rings. The van der Waals surface area contributed by atoms with Crippen molar-refractivity contribution in [3.63, 3.8) is 0 Å². The Balaban J connectivity index is 2.00. The first kappa shape index (κ1) is 17.8. The molecule has 0 N–H and O–H groups in total. The molecule has 3 aromatic rings. The molecular weight excluding hydrogens is 330 g/mol. The van der Waals surface area contributed by atoms with Gasteiger partial charge in [0.1, 0.15) is 19.0 Å². The van der Waals surface area contributed by atoms with Crippen LogP contribution in [0.5, 0.6) is 0 Å². The minimum absolute atomic E-state index is 0.172. The minimum atomic E-state index is -0.455. The summed E-state index contributed by atoms with van der Waals surface area (Å²) in [5.74, 6) is 0.00192. The maximum Gasteiger partial charge on any atom is 0.326 e. The Morgan fingerprint density at radius 2 is 1.77 bits per heavy atom. The van der Waals surface area contributed by atoms with Crippen LogP contribution in [0.4, 0.5) is 0 Å². The lowest BCUT2D eigenvalue weighted by Crippen LogP contribution is -2.29. The second-order valence-electron chi connectivity index (χ2n) is 6.23. The summed E-state index contributed by atoms with van der Waals surface area (Å²) in [6, 6.07) is 16.5. The number of para-hydroxylation sites is 1. The molecule has 0 bridgehead atoms. The van der Waals surface area contributed by atoms with Crippen molar-refractivity contribution >= 4 is 16.9 Å². The number of rotatable bonds is 6. The lowest BCUT2D eigenvalue weighted by atomic mass is 10.2. The first-order valence-electron chi connectivity index (χ1n) is 8.41. The van der Waals surface area contributed by atoms with Crippen LogP contribution in [0.3, 0.4) is 0 Å². The van der Waals surface area contributed by atoms with E-state index in [9.17, 15) is 9.59 Å². The van der Waals surface area contributed by atoms with Crippen LogP contribution in [0.25, 0.3) is 22.3 Å². The molecule has 0 amide bonds. The van der Waals surface area contributed by atoms with Gasteiger partial charge in [-0.1, -0.05) is 42.5 Å². The molecule has 0 aliphatic carbocycles. The zero-order chi connectivity index (χ0) is 18.5. The van der Waals surface area contributed by atoms with E-state index in [-0.39, 0.29) is 18.7 Å². The number of hydrogen-bond acceptors (Lipinski definition) is 5. The number of likely N-dealkylation sites (N-methyl/N-ethyl adjacent to an activating group) is 1. The molecule has 134 valence electrons. The Kier molecular flexibility index (Phi) is 5.43. The predicted octanol–water partition coefficient (Wildman–Crippen LogP) is 2.17. The molecule has 3 rings (SSSR count). The lowest BCUT2D eigenvalue weighted by molar-refractivity contribution is -0.144. The van der Waals surface area contributed by atoms with Crippen molar-refractivity contribution in [3.8, 4) is 11.4 Å². The Bertz CT molecular complexity index is 965. The number of nitrogens with zero attached hydrogens (tertiary/aromatic N) is 3. The minimum Gasteiger partial charge on any atom is -0.463 e. The summed E-state index contributed by atoms with van der Waals surface area (Å²) in [5, 5.41) is 0.480. The molecule has 2 aromatic carbocycles. The fraction of sp³-hybridized carbons (Fsp3) is 0.250. The maximum atomic E-state index is 12.9. The van der Waals surface area contributed by atoms with Crippen molar-refractivity contribution < 1.29 is 9.53 Å². The van der Waals surface area contributed by atoms with Gasteiger partial charge >= 0.3 is 5.97 Å². The number of benzene rings is 2. The first-order chi connectivity index (χ1) is 12.6. The van der Waals surface area contributed by atoms with E-state index in [4.69, 9.17) is 4.74 Å². The highest BCUT2D eigenvalue weighted by Crippen LogP contribution is 2.18. The standard InChI is InChI=1S/C20H21N3O3/c1-22(2)12-13-26-18(24)14-23-19(15-8-4-3-5-9-15)21-17-11-7-6-10-16(17)20(23)25/h3-11H,12-14H2,1-2H3. The molecule has 6 heteroatoms. The van der Waals surface area contributed by atoms with Crippen LogP contribution in [-0.2, 0) is 16.1 Å². The zero-order valence-electron chi connectivity index (χ0n) is 14.9. The molecule has 0 saturated carbocycles. The molecule has 0 radical (unpaired) electrons. The fourth-order valence-corrected chi connectivity index (χ4v) is 2.64. The molecule has 0 unspecified atom stereocenters. The summed E-state index contributed by atoms with van der Waals surface area (Å²) < 4.78 is 6.63. The smallest absolute Gasteiger partial charge is 0.326 e. The number of aromatic nitrogens is 2. The Hall–Kier alpha value is -2.99. The summed E-state index contributed by atoms with van der Waals surface area (Å²) >= 11 is 0. The normalized spacial score (nSPS) is 11.0. The van der Waals surface area contributed by atoms with Gasteiger partial charge in [-0.25, -0.2) is 4.98 Å². The molecule has 0 fully saturated rings. The highest BCUT2D eigenvalue weighted by atomic mass is 16.5. The third kappa shape index (κ3) is 3.97. The summed E-state index contributed by atoms with van der Waals surface area (Å²) in [6.07, 6.45) is 0. The number of esters is 1. The van der Waals surface area contributed by atoms with Gasteiger partial charge in [0.15, 0.2) is 0 Å². The van der Waals surface area contributed by atoms with E-state index in [0.717, 1.165) is 5.56 Å². The van der Waals surface area contributed by atoms with E-state index in [0.29, 0.717) is 23.3 Å². The summed E-state index contributed by atoms with van der Waals surface area (Å²) in [4.78, 5) is 31.7. The van der Waals surface area contributed by atoms with Gasteiger partial charge < -0.3 is 9.64 Å². The summed E-state index contributed by atoms with van der Waals surface area (Å²) in [5.41, 5.74) is 1.13. The topological polar surface area (TPSA) is 64.4 Å². The molecule has 0 saturated heterocycles. The van der Waals surface area contributed by atoms with Crippen LogP contribution in [0, 0.1) is 0 Å². The Morgan fingerprint density at radius 3 is 2.50 bits per heavy atom. The van der Waals surface area contributed by atoms with Gasteiger partial charge in [-0.3, -0.25) is 14.2 Å². The SMILES string of the molecule is CN(C)CCOC(=O)Cn1c(-c2ccccc2)nc2ccccc2c1=O. The van der Waals surface area contributed by atoms with E-state index in [2.05, 4.69) is 4.98 Å². The zero-order valence-corrected chi connectivity index (χ0v) is 14.9. The average Bonchev–Trinajstić information content (AvgIpc) is 2.64. The predicted molar refractivity (Wildman–Crippen MR) is 101 cm³/mol. The summed E-state index contributed by atoms with van der Waals surface area (Å²) in [7, 11) is 3.80. The number of carbonyl (C=O) groups excluding carboxylic acids is 1. The maximum absolute atomic E-state index is 12.9. The molecule has 1 aromatic heterocycles. The molecule has 0 atom stereocenters. The van der Waals surface area contributed by atoms with Gasteiger partial charge in [-0.2, -0.15) is 0 Å². The van der Waals surface area contributed by atoms with Gasteiger partial charge in [0.05, 0.1) is 10.9 Å². The van der Waals surface area contributed by atoms with Gasteiger partial charge in [-0.05, 0) is 26.2 Å². The van der Waals surface area contributed by atoms with E-state index >= 15 is 0 Å². The number of ether oxygens (including phenoxy) is 1. The van der Waals surface area contributed by atoms with Crippen molar-refractivity contribution in [2.45, 2.75) is 6.54 Å². The van der Waals surface area contributed by atoms with E-state index < -0.39 is 5.97 Å². The van der Waals surface area contributed by atoms with Crippen LogP contribution in [0.15, 0.2) is 59.4 Å². The quantitative estimate of drug-likeness (QED) is 0.637. The third-order valence-corrected chi connectivity index (χ3v) is 3.98. The van der Waals surface area contributed by atoms with Gasteiger partial charge in [0.25, 0.3) is 5.56 Å². The van der Waals surface area contributed by atoms with Crippen molar-refractivity contribution in [2.75, 3.05) is 27.2 Å². The van der Waals surface area contributed by atoms with Gasteiger partial charge in [0, 0.05) is 12.1 Å². The van der Waals surface area contributed by atoms with Crippen LogP contribution >= 0.6 is 0 Å². The monoisotopic (exact) mass is 351 g/mol. The van der Waals surface area contributed by atoms with Crippen LogP contribution in [0.1, 0.15) is 0 Å². The number of fused-ring (bicyclic) bond motifs is 1. The van der Waals surface area contributed by atoms with E-state index in [1.165, 1.54) is 4.57 Å². The third-order valence-electron chi connectivity index (χ3n) is 3.98. The first-order valence-corrected chi connectivity index (χ1v) is 8.41. The highest BCUT2D eigenvalue weighted by Gasteiger charge is 2.16. The second kappa shape index (κ2) is 7.93. The number of carbonyl (C=O) groups is 1. The van der Waals surface area contributed by atoms with Crippen LogP contribution in [0.2, 0.25) is 0 Å². The van der Waals surface area contributed by atoms with Crippen molar-refractivity contribution in [1.82, 2.24) is 14.5 Å². The van der Waals surface area contributed by atoms with E-state index in [1.807, 2.05) is 55.4 Å². The molecule has 26 heavy (non-hydrogen) atoms. The molecule has 1 heterocycles. The van der Waals surface area contributed by atoms with Gasteiger partial charge in [-0.15, -0.1) is 0 Å². The Labute approximate surface area is 151 Å². The molecule has 6 nitrogen and oxygen atoms in total. The number of hydrogen-bond donors (Lipinski definition) is 0. The fourth-order valence-electron chi connectivity index (χ4n) is 2.64. The highest BCUT2D eigenvalue weighted by molar-refractivity contribution is 5.80. The van der Waals surface area contributed by atoms with Crippen molar-refractivity contribution in [2.24, 2.45) is 0 Å². The molecule has 0 spiro atoms. The van der Waals surface area contributed by atoms with Crippen LogP contribution in [-0.4, -0.2) is 47.7 Å². The lowest BCUT2D eigenvalue weighted by Gasteiger charge is -2.14. The summed E-state index contributed by atoms with van der Waals surface area (Å²) in [6.45, 7) is 0.735. The van der Waals surface area contributed by atoms with E-state index in [1.54, 1.807) is 18.2 Å². The Morgan fingerprint density at radius 1 is 1.08 bits per heavy atom. The molecule has 0 aliphatic heterocycles. The van der Waals surface area contributed by atoms with Crippen molar-refractivity contribution in [1.29, 1.82) is 0 Å². The second-order valence-corrected chi connectivity index (χ2v) is 6.23. The van der Waals surface area contributed by atoms with Crippen LogP contribution < -0.4 is 5.56 Å². The van der Waals surface area contributed by atoms with Crippen molar-refractivity contribution in [3.05, 3.63) is 65.0 Å². The average molecular weight is 351 g/mol. The van der Waals surface area contributed by atoms with Gasteiger partial charge in [0.2, 0.25) is 0 Å². The molecular formula is C20H21N3O3.